The zero-order valence-corrected chi connectivity index (χ0v) is 17.5. The van der Waals surface area contributed by atoms with Gasteiger partial charge in [0, 0.05) is 4.57 Å². The molecular weight excluding hydrogens is 503 g/mol. The number of rotatable bonds is 8. The van der Waals surface area contributed by atoms with Gasteiger partial charge in [0.05, 0.1) is 0 Å². The molecule has 0 saturated carbocycles. The Kier molecular flexibility index (Phi) is 22.0. The maximum atomic E-state index is 10.9. The first kappa shape index (κ1) is 18.1. The topological polar surface area (TPSA) is 35.5 Å². The van der Waals surface area contributed by atoms with E-state index in [1.54, 1.807) is 0 Å². The van der Waals surface area contributed by atoms with E-state index >= 15 is 0 Å². The molecular formula is C8H18HgIO3P+. The van der Waals surface area contributed by atoms with Crippen LogP contribution >= 0.6 is 25.9 Å². The summed E-state index contributed by atoms with van der Waals surface area (Å²) in [5.41, 5.74) is 0. The second kappa shape index (κ2) is 17.1. The summed E-state index contributed by atoms with van der Waals surface area (Å²) in [7, 11) is -1.85. The molecule has 0 N–H and O–H groups in total. The standard InChI is InChI=1S/C8H18O3P.Hg.HI/c1-3-5-7-10-12(9)11-8-6-4-2;;/h3-8H2,1-2H3;;1H/q2*+1;/p-1. The van der Waals surface area contributed by atoms with Gasteiger partial charge in [-0.05, 0) is 12.8 Å². The Bertz CT molecular complexity index is 115. The summed E-state index contributed by atoms with van der Waals surface area (Å²) in [5.74, 6) is 0. The molecule has 0 bridgehead atoms. The molecule has 0 atom stereocenters. The van der Waals surface area contributed by atoms with Gasteiger partial charge >= 0.3 is 47.7 Å². The Morgan fingerprint density at radius 1 is 1.07 bits per heavy atom. The van der Waals surface area contributed by atoms with Gasteiger partial charge in [0.15, 0.2) is 0 Å². The Balaban J connectivity index is 0. The van der Waals surface area contributed by atoms with E-state index in [-0.39, 0.29) is 0 Å². The normalized spacial score (nSPS) is 9.21. The molecule has 0 aromatic heterocycles. The molecule has 3 nitrogen and oxygen atoms in total. The maximum absolute atomic E-state index is 10.9. The van der Waals surface area contributed by atoms with Gasteiger partial charge in [-0.3, -0.25) is 0 Å². The monoisotopic (exact) mass is 522 g/mol. The van der Waals surface area contributed by atoms with E-state index in [1.807, 2.05) is 0 Å². The molecule has 0 spiro atoms. The van der Waals surface area contributed by atoms with Crippen LogP contribution in [-0.2, 0) is 35.4 Å². The van der Waals surface area contributed by atoms with Crippen LogP contribution in [0.2, 0.25) is 0 Å². The fourth-order valence-corrected chi connectivity index (χ4v) is 1.23. The summed E-state index contributed by atoms with van der Waals surface area (Å²) in [6.45, 7) is 5.21. The molecule has 0 heterocycles. The van der Waals surface area contributed by atoms with Crippen molar-refractivity contribution in [3.63, 3.8) is 0 Å². The van der Waals surface area contributed by atoms with Crippen LogP contribution in [0.25, 0.3) is 0 Å². The van der Waals surface area contributed by atoms with Gasteiger partial charge < -0.3 is 0 Å². The average molecular weight is 521 g/mol. The van der Waals surface area contributed by atoms with E-state index in [1.165, 1.54) is 0 Å². The van der Waals surface area contributed by atoms with Crippen LogP contribution in [0.5, 0.6) is 0 Å². The summed E-state index contributed by atoms with van der Waals surface area (Å²) in [6.07, 6.45) is 3.99. The second-order valence-electron chi connectivity index (χ2n) is 2.60. The fraction of sp³-hybridized carbons (Fsp3) is 1.00. The molecule has 0 aromatic rings. The van der Waals surface area contributed by atoms with Crippen molar-refractivity contribution in [2.24, 2.45) is 0 Å². The summed E-state index contributed by atoms with van der Waals surface area (Å²) < 4.78 is 20.7. The quantitative estimate of drug-likeness (QED) is 0.209. The summed E-state index contributed by atoms with van der Waals surface area (Å²) >= 11 is 3.34. The molecule has 0 rings (SSSR count). The number of hydrogen-bond donors (Lipinski definition) is 0. The first-order valence-electron chi connectivity index (χ1n) is 4.81. The van der Waals surface area contributed by atoms with Crippen molar-refractivity contribution >= 4 is 25.9 Å². The molecule has 0 amide bonds. The minimum absolute atomic E-state index is 0.540. The molecule has 81 valence electrons. The molecule has 6 heteroatoms. The predicted octanol–water partition coefficient (Wildman–Crippen LogP) is 4.16. The van der Waals surface area contributed by atoms with Crippen LogP contribution < -0.4 is 0 Å². The summed E-state index contributed by atoms with van der Waals surface area (Å²) in [6, 6.07) is 0. The van der Waals surface area contributed by atoms with Crippen LogP contribution in [-0.4, -0.2) is 13.2 Å². The Hall–Kier alpha value is 1.69. The van der Waals surface area contributed by atoms with Gasteiger partial charge in [-0.2, -0.15) is 0 Å². The molecule has 0 unspecified atom stereocenters. The molecule has 0 aliphatic heterocycles. The number of halogens is 1. The Labute approximate surface area is 113 Å². The Morgan fingerprint density at radius 2 is 1.43 bits per heavy atom. The van der Waals surface area contributed by atoms with E-state index in [2.05, 4.69) is 31.5 Å². The third-order valence-electron chi connectivity index (χ3n) is 1.39. The van der Waals surface area contributed by atoms with E-state index < -0.39 is 8.25 Å². The first-order chi connectivity index (χ1) is 6.81. The first-order valence-corrected chi connectivity index (χ1v) is 21.4. The number of hydrogen-bond acceptors (Lipinski definition) is 3. The van der Waals surface area contributed by atoms with Crippen molar-refractivity contribution in [1.82, 2.24) is 0 Å². The Morgan fingerprint density at radius 3 is 1.71 bits per heavy atom. The van der Waals surface area contributed by atoms with Crippen molar-refractivity contribution in [3.8, 4) is 0 Å². The van der Waals surface area contributed by atoms with Crippen molar-refractivity contribution in [2.75, 3.05) is 13.2 Å². The fourth-order valence-electron chi connectivity index (χ4n) is 0.604. The van der Waals surface area contributed by atoms with Gasteiger partial charge in [-0.15, -0.1) is 9.05 Å². The zero-order valence-electron chi connectivity index (χ0n) is 9.00. The van der Waals surface area contributed by atoms with Crippen molar-refractivity contribution in [3.05, 3.63) is 0 Å². The van der Waals surface area contributed by atoms with Crippen molar-refractivity contribution in [2.45, 2.75) is 39.5 Å². The van der Waals surface area contributed by atoms with Gasteiger partial charge in [-0.25, -0.2) is 0 Å². The summed E-state index contributed by atoms with van der Waals surface area (Å²) in [5, 5.41) is 0. The van der Waals surface area contributed by atoms with Crippen LogP contribution in [0.1, 0.15) is 39.5 Å². The molecule has 0 saturated heterocycles. The number of unbranched alkanes of at least 4 members (excludes halogenated alkanes) is 2. The van der Waals surface area contributed by atoms with E-state index in [0.717, 1.165) is 47.5 Å². The van der Waals surface area contributed by atoms with Gasteiger partial charge in [0.1, 0.15) is 13.2 Å². The average Bonchev–Trinajstić information content (AvgIpc) is 2.22. The molecule has 0 fully saturated rings. The molecule has 0 aliphatic carbocycles. The van der Waals surface area contributed by atoms with Gasteiger partial charge in [-0.1, -0.05) is 26.7 Å². The van der Waals surface area contributed by atoms with Crippen molar-refractivity contribution in [1.29, 1.82) is 0 Å². The van der Waals surface area contributed by atoms with Gasteiger partial charge in [0.25, 0.3) is 0 Å². The van der Waals surface area contributed by atoms with E-state index in [9.17, 15) is 4.57 Å². The minimum atomic E-state index is -1.85. The van der Waals surface area contributed by atoms with E-state index in [0.29, 0.717) is 13.2 Å². The second-order valence-corrected chi connectivity index (χ2v) is 3.56. The third kappa shape index (κ3) is 16.1. The molecule has 0 aromatic carbocycles. The zero-order chi connectivity index (χ0) is 11.2. The van der Waals surface area contributed by atoms with Crippen LogP contribution in [0.15, 0.2) is 0 Å². The van der Waals surface area contributed by atoms with Crippen molar-refractivity contribution < 1.29 is 35.4 Å². The molecule has 14 heavy (non-hydrogen) atoms. The van der Waals surface area contributed by atoms with Gasteiger partial charge in [0.2, 0.25) is 0 Å². The van der Waals surface area contributed by atoms with Crippen LogP contribution in [0.4, 0.5) is 0 Å². The molecule has 0 radical (unpaired) electrons. The summed E-state index contributed by atoms with van der Waals surface area (Å²) in [4.78, 5) is 0. The third-order valence-corrected chi connectivity index (χ3v) is 2.18. The van der Waals surface area contributed by atoms with Crippen LogP contribution in [0, 0.1) is 0 Å². The van der Waals surface area contributed by atoms with E-state index in [4.69, 9.17) is 9.05 Å². The van der Waals surface area contributed by atoms with Crippen LogP contribution in [0.3, 0.4) is 0 Å². The molecule has 0 aliphatic rings. The SMILES string of the molecule is CCCCO[P+](=O)OCCCC.[I][Hg]. The predicted molar refractivity (Wildman–Crippen MR) is 63.3 cm³/mol.